The minimum absolute atomic E-state index is 0.313. The molecule has 0 aliphatic rings. The van der Waals surface area contributed by atoms with Gasteiger partial charge in [0.25, 0.3) is 0 Å². The van der Waals surface area contributed by atoms with Gasteiger partial charge >= 0.3 is 0 Å². The fraction of sp³-hybridized carbons (Fsp3) is 0.588. The first-order chi connectivity index (χ1) is 8.77. The van der Waals surface area contributed by atoms with Crippen molar-refractivity contribution in [3.8, 4) is 0 Å². The minimum Gasteiger partial charge on any atom is -0.300 e. The van der Waals surface area contributed by atoms with Crippen LogP contribution in [0.3, 0.4) is 0 Å². The highest BCUT2D eigenvalue weighted by Gasteiger charge is 1.92. The third kappa shape index (κ3) is 14.9. The second kappa shape index (κ2) is 14.0. The van der Waals surface area contributed by atoms with Crippen molar-refractivity contribution in [2.24, 2.45) is 0 Å². The molecule has 0 bridgehead atoms. The maximum Gasteiger partial charge on any atom is 0.129 e. The Labute approximate surface area is 113 Å². The van der Waals surface area contributed by atoms with Gasteiger partial charge in [-0.2, -0.15) is 0 Å². The number of allylic oxidation sites excluding steroid dienone is 6. The minimum atomic E-state index is 0.313. The molecule has 0 fully saturated rings. The summed E-state index contributed by atoms with van der Waals surface area (Å²) in [6.45, 7) is 3.82. The van der Waals surface area contributed by atoms with Gasteiger partial charge in [-0.25, -0.2) is 0 Å². The van der Waals surface area contributed by atoms with Crippen molar-refractivity contribution in [1.29, 1.82) is 0 Å². The van der Waals surface area contributed by atoms with Crippen LogP contribution >= 0.6 is 0 Å². The van der Waals surface area contributed by atoms with Crippen LogP contribution in [0.2, 0.25) is 0 Å². The van der Waals surface area contributed by atoms with E-state index in [2.05, 4.69) is 43.4 Å². The molecule has 0 aliphatic carbocycles. The highest BCUT2D eigenvalue weighted by atomic mass is 16.1. The van der Waals surface area contributed by atoms with Crippen molar-refractivity contribution in [1.82, 2.24) is 0 Å². The fourth-order valence-corrected chi connectivity index (χ4v) is 1.64. The Hall–Kier alpha value is -1.11. The van der Waals surface area contributed by atoms with E-state index >= 15 is 0 Å². The summed E-state index contributed by atoms with van der Waals surface area (Å²) in [5.41, 5.74) is 0. The van der Waals surface area contributed by atoms with Crippen molar-refractivity contribution in [3.05, 3.63) is 36.5 Å². The summed E-state index contributed by atoms with van der Waals surface area (Å²) in [7, 11) is 0. The van der Waals surface area contributed by atoms with Gasteiger partial charge in [0.05, 0.1) is 0 Å². The summed E-state index contributed by atoms with van der Waals surface area (Å²) in [6, 6.07) is 0. The molecule has 1 heteroatoms. The van der Waals surface area contributed by atoms with E-state index in [1.165, 1.54) is 12.8 Å². The molecule has 1 nitrogen and oxygen atoms in total. The summed E-state index contributed by atoms with van der Waals surface area (Å²) < 4.78 is 0. The molecule has 0 amide bonds. The van der Waals surface area contributed by atoms with Crippen LogP contribution in [-0.4, -0.2) is 5.78 Å². The lowest BCUT2D eigenvalue weighted by Crippen LogP contribution is -1.88. The summed E-state index contributed by atoms with van der Waals surface area (Å²) in [5.74, 6) is 0.313. The SMILES string of the molecule is CC/C=C\C/C=C\C/C=C\CCCCCC(C)=O. The lowest BCUT2D eigenvalue weighted by molar-refractivity contribution is -0.117. The smallest absolute Gasteiger partial charge is 0.129 e. The highest BCUT2D eigenvalue weighted by Crippen LogP contribution is 2.04. The van der Waals surface area contributed by atoms with Crippen LogP contribution < -0.4 is 0 Å². The van der Waals surface area contributed by atoms with Crippen LogP contribution in [0.25, 0.3) is 0 Å². The van der Waals surface area contributed by atoms with Crippen LogP contribution in [0.5, 0.6) is 0 Å². The largest absolute Gasteiger partial charge is 0.300 e. The third-order valence-electron chi connectivity index (χ3n) is 2.68. The van der Waals surface area contributed by atoms with Crippen LogP contribution in [0, 0.1) is 0 Å². The predicted molar refractivity (Wildman–Crippen MR) is 80.7 cm³/mol. The zero-order chi connectivity index (χ0) is 13.5. The van der Waals surface area contributed by atoms with Gasteiger partial charge in [0, 0.05) is 6.42 Å². The normalized spacial score (nSPS) is 12.1. The molecule has 0 aliphatic heterocycles. The van der Waals surface area contributed by atoms with Crippen LogP contribution in [-0.2, 0) is 4.79 Å². The molecule has 0 saturated heterocycles. The summed E-state index contributed by atoms with van der Waals surface area (Å²) in [6.07, 6.45) is 21.8. The van der Waals surface area contributed by atoms with Crippen molar-refractivity contribution < 1.29 is 4.79 Å². The van der Waals surface area contributed by atoms with Gasteiger partial charge in [0.15, 0.2) is 0 Å². The molecular weight excluding hydrogens is 220 g/mol. The topological polar surface area (TPSA) is 17.1 Å². The first-order valence-electron chi connectivity index (χ1n) is 7.21. The number of unbranched alkanes of at least 4 members (excludes halogenated alkanes) is 3. The molecule has 0 aromatic carbocycles. The van der Waals surface area contributed by atoms with Gasteiger partial charge < -0.3 is 4.79 Å². The van der Waals surface area contributed by atoms with E-state index in [0.717, 1.165) is 38.5 Å². The molecule has 0 spiro atoms. The average molecular weight is 248 g/mol. The van der Waals surface area contributed by atoms with Crippen molar-refractivity contribution in [2.75, 3.05) is 0 Å². The van der Waals surface area contributed by atoms with Crippen LogP contribution in [0.1, 0.15) is 65.2 Å². The summed E-state index contributed by atoms with van der Waals surface area (Å²) >= 11 is 0. The third-order valence-corrected chi connectivity index (χ3v) is 2.68. The lowest BCUT2D eigenvalue weighted by atomic mass is 10.1. The van der Waals surface area contributed by atoms with Crippen molar-refractivity contribution >= 4 is 5.78 Å². The molecule has 0 radical (unpaired) electrons. The van der Waals surface area contributed by atoms with Gasteiger partial charge in [-0.3, -0.25) is 0 Å². The van der Waals surface area contributed by atoms with E-state index in [0.29, 0.717) is 5.78 Å². The number of ketones is 1. The average Bonchev–Trinajstić information content (AvgIpc) is 2.34. The number of hydrogen-bond acceptors (Lipinski definition) is 1. The molecule has 0 unspecified atom stereocenters. The quantitative estimate of drug-likeness (QED) is 0.354. The molecule has 0 aromatic heterocycles. The first-order valence-corrected chi connectivity index (χ1v) is 7.21. The Morgan fingerprint density at radius 1 is 0.833 bits per heavy atom. The Balaban J connectivity index is 3.27. The van der Waals surface area contributed by atoms with E-state index in [1.54, 1.807) is 6.92 Å². The van der Waals surface area contributed by atoms with E-state index in [1.807, 2.05) is 0 Å². The second-order valence-electron chi connectivity index (χ2n) is 4.60. The molecule has 0 atom stereocenters. The van der Waals surface area contributed by atoms with Gasteiger partial charge in [-0.15, -0.1) is 0 Å². The number of carbonyl (C=O) groups is 1. The maximum atomic E-state index is 10.7. The Kier molecular flexibility index (Phi) is 13.1. The molecule has 0 rings (SSSR count). The predicted octanol–water partition coefficient (Wildman–Crippen LogP) is 5.38. The second-order valence-corrected chi connectivity index (χ2v) is 4.60. The van der Waals surface area contributed by atoms with Crippen LogP contribution in [0.4, 0.5) is 0 Å². The number of Topliss-reactive ketones (excluding diaryl/α,β-unsaturated/α-hetero) is 1. The van der Waals surface area contributed by atoms with Crippen LogP contribution in [0.15, 0.2) is 36.5 Å². The van der Waals surface area contributed by atoms with E-state index < -0.39 is 0 Å². The van der Waals surface area contributed by atoms with Crippen molar-refractivity contribution in [3.63, 3.8) is 0 Å². The summed E-state index contributed by atoms with van der Waals surface area (Å²) in [4.78, 5) is 10.7. The van der Waals surface area contributed by atoms with Gasteiger partial charge in [0.1, 0.15) is 5.78 Å². The molecule has 0 saturated carbocycles. The number of rotatable bonds is 11. The number of carbonyl (C=O) groups excluding carboxylic acids is 1. The zero-order valence-corrected chi connectivity index (χ0v) is 12.0. The van der Waals surface area contributed by atoms with Crippen molar-refractivity contribution in [2.45, 2.75) is 65.2 Å². The standard InChI is InChI=1S/C17H28O/c1-3-4-5-6-7-8-9-10-11-12-13-14-15-16-17(2)18/h4-5,7-8,10-11H,3,6,9,12-16H2,1-2H3/b5-4-,8-7-,11-10-. The van der Waals surface area contributed by atoms with Gasteiger partial charge in [-0.05, 0) is 45.4 Å². The molecule has 0 N–H and O–H groups in total. The van der Waals surface area contributed by atoms with E-state index in [-0.39, 0.29) is 0 Å². The lowest BCUT2D eigenvalue weighted by Gasteiger charge is -1.95. The Morgan fingerprint density at radius 3 is 2.06 bits per heavy atom. The molecule has 0 aromatic rings. The summed E-state index contributed by atoms with van der Waals surface area (Å²) in [5, 5.41) is 0. The molecule has 18 heavy (non-hydrogen) atoms. The molecular formula is C17H28O. The van der Waals surface area contributed by atoms with E-state index in [4.69, 9.17) is 0 Å². The number of hydrogen-bond donors (Lipinski definition) is 0. The van der Waals surface area contributed by atoms with E-state index in [9.17, 15) is 4.79 Å². The highest BCUT2D eigenvalue weighted by molar-refractivity contribution is 5.75. The Morgan fingerprint density at radius 2 is 1.44 bits per heavy atom. The fourth-order valence-electron chi connectivity index (χ4n) is 1.64. The first kappa shape index (κ1) is 16.9. The zero-order valence-electron chi connectivity index (χ0n) is 12.0. The monoisotopic (exact) mass is 248 g/mol. The maximum absolute atomic E-state index is 10.7. The van der Waals surface area contributed by atoms with Gasteiger partial charge in [-0.1, -0.05) is 49.8 Å². The molecule has 102 valence electrons. The molecule has 0 heterocycles. The van der Waals surface area contributed by atoms with Gasteiger partial charge in [0.2, 0.25) is 0 Å². The Bertz CT molecular complexity index is 271.